The van der Waals surface area contributed by atoms with Crippen molar-refractivity contribution < 1.29 is 0 Å². The molecule has 0 N–H and O–H groups in total. The first-order valence-corrected chi connectivity index (χ1v) is 6.83. The van der Waals surface area contributed by atoms with E-state index in [0.717, 1.165) is 10.7 Å². The maximum atomic E-state index is 4.55. The van der Waals surface area contributed by atoms with E-state index in [-0.39, 0.29) is 0 Å². The number of rotatable bonds is 2. The Morgan fingerprint density at radius 1 is 1.13 bits per heavy atom. The first-order chi connectivity index (χ1) is 7.20. The molecule has 2 rings (SSSR count). The Bertz CT molecular complexity index is 437. The summed E-state index contributed by atoms with van der Waals surface area (Å²) >= 11 is 3.53. The van der Waals surface area contributed by atoms with Crippen molar-refractivity contribution in [3.63, 3.8) is 0 Å². The van der Waals surface area contributed by atoms with Gasteiger partial charge in [-0.15, -0.1) is 23.1 Å². The Morgan fingerprint density at radius 3 is 2.27 bits per heavy atom. The Morgan fingerprint density at radius 2 is 1.80 bits per heavy atom. The van der Waals surface area contributed by atoms with Crippen LogP contribution in [0.1, 0.15) is 10.6 Å². The molecule has 3 heteroatoms. The summed E-state index contributed by atoms with van der Waals surface area (Å²) < 4.78 is 0. The molecule has 0 radical (unpaired) electrons. The zero-order valence-electron chi connectivity index (χ0n) is 9.07. The van der Waals surface area contributed by atoms with Crippen LogP contribution in [0.15, 0.2) is 29.2 Å². The molecule has 0 aliphatic heterocycles. The van der Waals surface area contributed by atoms with Crippen LogP contribution in [0.2, 0.25) is 0 Å². The molecule has 0 bridgehead atoms. The SMILES string of the molecule is CSc1ccc(-c2nc(C)c(C)s2)cc1. The molecule has 1 nitrogen and oxygen atoms in total. The lowest BCUT2D eigenvalue weighted by molar-refractivity contribution is 1.23. The van der Waals surface area contributed by atoms with Crippen LogP contribution in [0.25, 0.3) is 10.6 Å². The quantitative estimate of drug-likeness (QED) is 0.725. The predicted molar refractivity (Wildman–Crippen MR) is 68.8 cm³/mol. The fraction of sp³-hybridized carbons (Fsp3) is 0.250. The van der Waals surface area contributed by atoms with Gasteiger partial charge in [-0.1, -0.05) is 12.1 Å². The fourth-order valence-corrected chi connectivity index (χ4v) is 2.66. The van der Waals surface area contributed by atoms with Gasteiger partial charge in [0.25, 0.3) is 0 Å². The van der Waals surface area contributed by atoms with Crippen molar-refractivity contribution in [1.29, 1.82) is 0 Å². The van der Waals surface area contributed by atoms with Crippen LogP contribution < -0.4 is 0 Å². The number of nitrogens with zero attached hydrogens (tertiary/aromatic N) is 1. The molecule has 0 unspecified atom stereocenters. The lowest BCUT2D eigenvalue weighted by Crippen LogP contribution is -1.77. The number of thiazole rings is 1. The Kier molecular flexibility index (Phi) is 3.12. The molecule has 0 aliphatic carbocycles. The third-order valence-corrected chi connectivity index (χ3v) is 4.23. The van der Waals surface area contributed by atoms with E-state index in [2.05, 4.69) is 49.4 Å². The summed E-state index contributed by atoms with van der Waals surface area (Å²) in [5.41, 5.74) is 2.36. The first kappa shape index (κ1) is 10.7. The number of aromatic nitrogens is 1. The molecule has 0 saturated heterocycles. The van der Waals surface area contributed by atoms with Crippen LogP contribution in [0, 0.1) is 13.8 Å². The number of aryl methyl sites for hydroxylation is 2. The van der Waals surface area contributed by atoms with Crippen LogP contribution in [0.5, 0.6) is 0 Å². The van der Waals surface area contributed by atoms with Gasteiger partial charge in [0.2, 0.25) is 0 Å². The zero-order chi connectivity index (χ0) is 10.8. The molecule has 0 saturated carbocycles. The Hall–Kier alpha value is -0.800. The highest BCUT2D eigenvalue weighted by Gasteiger charge is 2.05. The van der Waals surface area contributed by atoms with Crippen molar-refractivity contribution in [2.45, 2.75) is 18.7 Å². The average Bonchev–Trinajstić information content (AvgIpc) is 2.59. The highest BCUT2D eigenvalue weighted by atomic mass is 32.2. The molecule has 1 aromatic heterocycles. The van der Waals surface area contributed by atoms with Gasteiger partial charge < -0.3 is 0 Å². The van der Waals surface area contributed by atoms with Gasteiger partial charge >= 0.3 is 0 Å². The summed E-state index contributed by atoms with van der Waals surface area (Å²) in [5, 5.41) is 1.12. The minimum Gasteiger partial charge on any atom is -0.241 e. The van der Waals surface area contributed by atoms with Gasteiger partial charge in [-0.3, -0.25) is 0 Å². The number of hydrogen-bond acceptors (Lipinski definition) is 3. The molecule has 0 aliphatic rings. The van der Waals surface area contributed by atoms with Crippen LogP contribution in [0.3, 0.4) is 0 Å². The van der Waals surface area contributed by atoms with E-state index in [1.165, 1.54) is 15.3 Å². The maximum Gasteiger partial charge on any atom is 0.123 e. The predicted octanol–water partition coefficient (Wildman–Crippen LogP) is 4.15. The smallest absolute Gasteiger partial charge is 0.123 e. The third kappa shape index (κ3) is 2.24. The van der Waals surface area contributed by atoms with Crippen molar-refractivity contribution >= 4 is 23.1 Å². The number of benzene rings is 1. The minimum atomic E-state index is 1.12. The second-order valence-electron chi connectivity index (χ2n) is 3.39. The van der Waals surface area contributed by atoms with Gasteiger partial charge in [-0.25, -0.2) is 4.98 Å². The van der Waals surface area contributed by atoms with E-state index < -0.39 is 0 Å². The van der Waals surface area contributed by atoms with Crippen molar-refractivity contribution in [2.24, 2.45) is 0 Å². The van der Waals surface area contributed by atoms with E-state index in [9.17, 15) is 0 Å². The van der Waals surface area contributed by atoms with Gasteiger partial charge in [-0.2, -0.15) is 0 Å². The van der Waals surface area contributed by atoms with Crippen LogP contribution in [0.4, 0.5) is 0 Å². The summed E-state index contributed by atoms with van der Waals surface area (Å²) in [4.78, 5) is 7.15. The molecule has 1 aromatic carbocycles. The normalized spacial score (nSPS) is 10.6. The lowest BCUT2D eigenvalue weighted by atomic mass is 10.2. The van der Waals surface area contributed by atoms with Crippen LogP contribution in [-0.2, 0) is 0 Å². The van der Waals surface area contributed by atoms with Crippen molar-refractivity contribution in [3.05, 3.63) is 34.8 Å². The summed E-state index contributed by atoms with van der Waals surface area (Å²) in [7, 11) is 0. The van der Waals surface area contributed by atoms with Gasteiger partial charge in [-0.05, 0) is 32.2 Å². The molecule has 1 heterocycles. The molecule has 0 atom stereocenters. The van der Waals surface area contributed by atoms with E-state index in [0.29, 0.717) is 0 Å². The summed E-state index contributed by atoms with van der Waals surface area (Å²) in [5.74, 6) is 0. The molecular weight excluding hydrogens is 222 g/mol. The zero-order valence-corrected chi connectivity index (χ0v) is 10.7. The molecule has 78 valence electrons. The van der Waals surface area contributed by atoms with Crippen molar-refractivity contribution in [3.8, 4) is 10.6 Å². The summed E-state index contributed by atoms with van der Waals surface area (Å²) in [6.45, 7) is 4.18. The van der Waals surface area contributed by atoms with E-state index in [4.69, 9.17) is 0 Å². The molecule has 0 amide bonds. The fourth-order valence-electron chi connectivity index (χ4n) is 1.33. The average molecular weight is 235 g/mol. The second kappa shape index (κ2) is 4.37. The standard InChI is InChI=1S/C12H13NS2/c1-8-9(2)15-12(13-8)10-4-6-11(14-3)7-5-10/h4-7H,1-3H3. The van der Waals surface area contributed by atoms with E-state index in [1.54, 1.807) is 23.1 Å². The molecule has 0 spiro atoms. The van der Waals surface area contributed by atoms with Crippen molar-refractivity contribution in [2.75, 3.05) is 6.26 Å². The number of hydrogen-bond donors (Lipinski definition) is 0. The van der Waals surface area contributed by atoms with Crippen LogP contribution in [-0.4, -0.2) is 11.2 Å². The Balaban J connectivity index is 2.37. The molecular formula is C12H13NS2. The van der Waals surface area contributed by atoms with Gasteiger partial charge in [0.1, 0.15) is 5.01 Å². The summed E-state index contributed by atoms with van der Waals surface area (Å²) in [6, 6.07) is 8.57. The molecule has 15 heavy (non-hydrogen) atoms. The maximum absolute atomic E-state index is 4.55. The third-order valence-electron chi connectivity index (χ3n) is 2.37. The largest absolute Gasteiger partial charge is 0.241 e. The van der Waals surface area contributed by atoms with E-state index >= 15 is 0 Å². The first-order valence-electron chi connectivity index (χ1n) is 4.79. The highest BCUT2D eigenvalue weighted by molar-refractivity contribution is 7.98. The van der Waals surface area contributed by atoms with E-state index in [1.807, 2.05) is 0 Å². The van der Waals surface area contributed by atoms with Crippen LogP contribution >= 0.6 is 23.1 Å². The highest BCUT2D eigenvalue weighted by Crippen LogP contribution is 2.28. The lowest BCUT2D eigenvalue weighted by Gasteiger charge is -1.98. The van der Waals surface area contributed by atoms with Gasteiger partial charge in [0, 0.05) is 15.3 Å². The van der Waals surface area contributed by atoms with Gasteiger partial charge in [0.15, 0.2) is 0 Å². The summed E-state index contributed by atoms with van der Waals surface area (Å²) in [6.07, 6.45) is 2.09. The molecule has 0 fully saturated rings. The molecule has 2 aromatic rings. The van der Waals surface area contributed by atoms with Crippen molar-refractivity contribution in [1.82, 2.24) is 4.98 Å². The van der Waals surface area contributed by atoms with Gasteiger partial charge in [0.05, 0.1) is 5.69 Å². The minimum absolute atomic E-state index is 1.12. The monoisotopic (exact) mass is 235 g/mol. The topological polar surface area (TPSA) is 12.9 Å². The second-order valence-corrected chi connectivity index (χ2v) is 5.47. The Labute approximate surface area is 98.6 Å². The number of thioether (sulfide) groups is 1.